The minimum atomic E-state index is -0.153. The van der Waals surface area contributed by atoms with Crippen LogP contribution in [0.15, 0.2) is 30.6 Å². The Labute approximate surface area is 117 Å². The molecule has 3 heterocycles. The zero-order chi connectivity index (χ0) is 13.5. The third-order valence-electron chi connectivity index (χ3n) is 4.18. The monoisotopic (exact) mass is 268 g/mol. The molecule has 1 aromatic heterocycles. The van der Waals surface area contributed by atoms with E-state index in [9.17, 15) is 4.79 Å². The summed E-state index contributed by atoms with van der Waals surface area (Å²) < 4.78 is 0. The summed E-state index contributed by atoms with van der Waals surface area (Å²) in [5.41, 5.74) is 4.63. The number of benzene rings is 1. The van der Waals surface area contributed by atoms with E-state index in [1.165, 1.54) is 11.1 Å². The van der Waals surface area contributed by atoms with E-state index in [2.05, 4.69) is 27.4 Å². The van der Waals surface area contributed by atoms with Crippen LogP contribution in [0.3, 0.4) is 0 Å². The summed E-state index contributed by atoms with van der Waals surface area (Å²) in [4.78, 5) is 21.9. The number of rotatable bonds is 1. The minimum Gasteiger partial charge on any atom is -0.347 e. The van der Waals surface area contributed by atoms with E-state index in [4.69, 9.17) is 0 Å². The van der Waals surface area contributed by atoms with Crippen LogP contribution in [0.1, 0.15) is 22.5 Å². The number of H-pyrrole nitrogens is 1. The summed E-state index contributed by atoms with van der Waals surface area (Å²) in [6, 6.07) is 8.11. The van der Waals surface area contributed by atoms with E-state index in [1.54, 1.807) is 6.33 Å². The molecule has 2 aliphatic heterocycles. The van der Waals surface area contributed by atoms with Gasteiger partial charge in [0.25, 0.3) is 0 Å². The number of fused-ring (bicyclic) bond motifs is 2. The quantitative estimate of drug-likeness (QED) is 0.810. The second-order valence-electron chi connectivity index (χ2n) is 5.43. The zero-order valence-electron chi connectivity index (χ0n) is 11.1. The minimum absolute atomic E-state index is 0.153. The highest BCUT2D eigenvalue weighted by Crippen LogP contribution is 2.24. The molecule has 0 saturated carbocycles. The molecule has 0 bridgehead atoms. The molecule has 5 heteroatoms. The first-order valence-electron chi connectivity index (χ1n) is 6.91. The lowest BCUT2D eigenvalue weighted by molar-refractivity contribution is -0.134. The van der Waals surface area contributed by atoms with Gasteiger partial charge in [-0.1, -0.05) is 24.3 Å². The molecule has 2 aliphatic rings. The summed E-state index contributed by atoms with van der Waals surface area (Å²) in [7, 11) is 0. The summed E-state index contributed by atoms with van der Waals surface area (Å²) in [5.74, 6) is 0.176. The number of amides is 1. The number of hydrogen-bond donors (Lipinski definition) is 2. The van der Waals surface area contributed by atoms with Crippen LogP contribution in [0, 0.1) is 0 Å². The maximum absolute atomic E-state index is 12.6. The molecule has 0 saturated heterocycles. The molecule has 20 heavy (non-hydrogen) atoms. The first kappa shape index (κ1) is 11.7. The van der Waals surface area contributed by atoms with Gasteiger partial charge in [-0.25, -0.2) is 4.98 Å². The van der Waals surface area contributed by atoms with E-state index in [0.29, 0.717) is 13.0 Å². The molecule has 1 atom stereocenters. The lowest BCUT2D eigenvalue weighted by Crippen LogP contribution is -2.48. The average Bonchev–Trinajstić information content (AvgIpc) is 3.11. The second-order valence-corrected chi connectivity index (χ2v) is 5.43. The summed E-state index contributed by atoms with van der Waals surface area (Å²) in [6.07, 6.45) is 2.37. The van der Waals surface area contributed by atoms with Crippen molar-refractivity contribution < 1.29 is 4.79 Å². The van der Waals surface area contributed by atoms with Crippen molar-refractivity contribution in [1.82, 2.24) is 20.2 Å². The van der Waals surface area contributed by atoms with Crippen molar-refractivity contribution in [2.24, 2.45) is 0 Å². The lowest BCUT2D eigenvalue weighted by atomic mass is 10.0. The molecule has 2 aromatic rings. The zero-order valence-corrected chi connectivity index (χ0v) is 11.1. The SMILES string of the molecule is O=C(C1Cc2nc[nH]c2CN1)N1Cc2ccccc2C1. The Bertz CT molecular complexity index is 634. The molecular weight excluding hydrogens is 252 g/mol. The van der Waals surface area contributed by atoms with Gasteiger partial charge in [-0.3, -0.25) is 10.1 Å². The van der Waals surface area contributed by atoms with Crippen LogP contribution in [0.4, 0.5) is 0 Å². The number of carbonyl (C=O) groups excluding carboxylic acids is 1. The first-order valence-corrected chi connectivity index (χ1v) is 6.91. The van der Waals surface area contributed by atoms with Crippen LogP contribution in [-0.4, -0.2) is 26.8 Å². The van der Waals surface area contributed by atoms with Gasteiger partial charge in [-0.2, -0.15) is 0 Å². The van der Waals surface area contributed by atoms with Crippen molar-refractivity contribution in [3.05, 3.63) is 53.1 Å². The smallest absolute Gasteiger partial charge is 0.240 e. The second kappa shape index (κ2) is 4.45. The average molecular weight is 268 g/mol. The Balaban J connectivity index is 1.50. The fourth-order valence-corrected chi connectivity index (χ4v) is 3.05. The summed E-state index contributed by atoms with van der Waals surface area (Å²) >= 11 is 0. The van der Waals surface area contributed by atoms with Gasteiger partial charge >= 0.3 is 0 Å². The van der Waals surface area contributed by atoms with Gasteiger partial charge in [0, 0.05) is 26.1 Å². The Kier molecular flexibility index (Phi) is 2.60. The molecule has 0 aliphatic carbocycles. The van der Waals surface area contributed by atoms with Crippen molar-refractivity contribution in [3.63, 3.8) is 0 Å². The van der Waals surface area contributed by atoms with Gasteiger partial charge in [-0.15, -0.1) is 0 Å². The molecule has 4 rings (SSSR count). The first-order chi connectivity index (χ1) is 9.81. The normalized spacial score (nSPS) is 20.6. The third kappa shape index (κ3) is 1.82. The lowest BCUT2D eigenvalue weighted by Gasteiger charge is -2.26. The molecule has 0 fully saturated rings. The largest absolute Gasteiger partial charge is 0.347 e. The van der Waals surface area contributed by atoms with Gasteiger partial charge in [0.05, 0.1) is 23.8 Å². The van der Waals surface area contributed by atoms with Crippen molar-refractivity contribution in [2.75, 3.05) is 0 Å². The van der Waals surface area contributed by atoms with Gasteiger partial charge in [0.2, 0.25) is 5.91 Å². The standard InChI is InChI=1S/C15H16N4O/c20-15(13-5-12-14(6-16-13)18-9-17-12)19-7-10-3-1-2-4-11(10)8-19/h1-4,9,13,16H,5-8H2,(H,17,18). The predicted molar refractivity (Wildman–Crippen MR) is 73.6 cm³/mol. The molecule has 0 spiro atoms. The molecule has 0 radical (unpaired) electrons. The number of nitrogens with one attached hydrogen (secondary N) is 2. The van der Waals surface area contributed by atoms with Crippen LogP contribution in [0.5, 0.6) is 0 Å². The van der Waals surface area contributed by atoms with Gasteiger partial charge < -0.3 is 9.88 Å². The van der Waals surface area contributed by atoms with E-state index >= 15 is 0 Å². The van der Waals surface area contributed by atoms with E-state index in [-0.39, 0.29) is 11.9 Å². The van der Waals surface area contributed by atoms with Gasteiger partial charge in [0.15, 0.2) is 0 Å². The Morgan fingerprint density at radius 1 is 1.25 bits per heavy atom. The number of imidazole rings is 1. The van der Waals surface area contributed by atoms with Crippen molar-refractivity contribution >= 4 is 5.91 Å². The highest BCUT2D eigenvalue weighted by Gasteiger charge is 2.31. The van der Waals surface area contributed by atoms with Crippen LogP contribution < -0.4 is 5.32 Å². The maximum Gasteiger partial charge on any atom is 0.240 e. The molecule has 102 valence electrons. The van der Waals surface area contributed by atoms with E-state index in [1.807, 2.05) is 17.0 Å². The summed E-state index contributed by atoms with van der Waals surface area (Å²) in [6.45, 7) is 2.13. The van der Waals surface area contributed by atoms with Crippen LogP contribution in [0.2, 0.25) is 0 Å². The molecule has 5 nitrogen and oxygen atoms in total. The number of aromatic nitrogens is 2. The Morgan fingerprint density at radius 3 is 2.75 bits per heavy atom. The van der Waals surface area contributed by atoms with Crippen molar-refractivity contribution in [2.45, 2.75) is 32.1 Å². The number of aromatic amines is 1. The summed E-state index contributed by atoms with van der Waals surface area (Å²) in [5, 5.41) is 3.30. The number of carbonyl (C=O) groups is 1. The molecular formula is C15H16N4O. The Hall–Kier alpha value is -2.14. The van der Waals surface area contributed by atoms with E-state index in [0.717, 1.165) is 24.5 Å². The van der Waals surface area contributed by atoms with Crippen LogP contribution in [0.25, 0.3) is 0 Å². The topological polar surface area (TPSA) is 61.0 Å². The fraction of sp³-hybridized carbons (Fsp3) is 0.333. The van der Waals surface area contributed by atoms with Gasteiger partial charge in [-0.05, 0) is 11.1 Å². The van der Waals surface area contributed by atoms with Gasteiger partial charge in [0.1, 0.15) is 0 Å². The van der Waals surface area contributed by atoms with E-state index < -0.39 is 0 Å². The fourth-order valence-electron chi connectivity index (χ4n) is 3.05. The number of hydrogen-bond acceptors (Lipinski definition) is 3. The number of nitrogens with zero attached hydrogens (tertiary/aromatic N) is 2. The molecule has 2 N–H and O–H groups in total. The van der Waals surface area contributed by atoms with Crippen molar-refractivity contribution in [1.29, 1.82) is 0 Å². The Morgan fingerprint density at radius 2 is 2.00 bits per heavy atom. The van der Waals surface area contributed by atoms with Crippen LogP contribution >= 0.6 is 0 Å². The molecule has 1 unspecified atom stereocenters. The molecule has 1 aromatic carbocycles. The molecule has 1 amide bonds. The highest BCUT2D eigenvalue weighted by molar-refractivity contribution is 5.83. The predicted octanol–water partition coefficient (Wildman–Crippen LogP) is 0.966. The third-order valence-corrected chi connectivity index (χ3v) is 4.18. The van der Waals surface area contributed by atoms with Crippen LogP contribution in [-0.2, 0) is 30.8 Å². The maximum atomic E-state index is 12.6. The highest BCUT2D eigenvalue weighted by atomic mass is 16.2. The van der Waals surface area contributed by atoms with Crippen molar-refractivity contribution in [3.8, 4) is 0 Å².